The Hall–Kier alpha value is -0.770. The van der Waals surface area contributed by atoms with Gasteiger partial charge in [0.05, 0.1) is 13.4 Å². The highest BCUT2D eigenvalue weighted by atomic mass is 79.9. The van der Waals surface area contributed by atoms with Crippen molar-refractivity contribution < 1.29 is 13.9 Å². The summed E-state index contributed by atoms with van der Waals surface area (Å²) in [7, 11) is 1.32. The van der Waals surface area contributed by atoms with Gasteiger partial charge in [-0.3, -0.25) is 0 Å². The summed E-state index contributed by atoms with van der Waals surface area (Å²) in [6.07, 6.45) is 1.46. The zero-order valence-electron chi connectivity index (χ0n) is 5.96. The Morgan fingerprint density at radius 1 is 1.82 bits per heavy atom. The molecule has 0 fully saturated rings. The summed E-state index contributed by atoms with van der Waals surface area (Å²) in [6.45, 7) is 0. The third-order valence-electron chi connectivity index (χ3n) is 1.26. The second-order valence-corrected chi connectivity index (χ2v) is 2.46. The first-order valence-corrected chi connectivity index (χ1v) is 4.12. The zero-order chi connectivity index (χ0) is 8.27. The van der Waals surface area contributed by atoms with E-state index in [1.165, 1.54) is 13.4 Å². The molecule has 3 nitrogen and oxygen atoms in total. The summed E-state index contributed by atoms with van der Waals surface area (Å²) in [4.78, 5) is 10.9. The smallest absolute Gasteiger partial charge is 0.374 e. The molecular formula is C7H7BrO3. The van der Waals surface area contributed by atoms with Crippen LogP contribution >= 0.6 is 15.9 Å². The van der Waals surface area contributed by atoms with Crippen LogP contribution in [0.2, 0.25) is 0 Å². The van der Waals surface area contributed by atoms with Crippen molar-refractivity contribution in [3.05, 3.63) is 23.7 Å². The van der Waals surface area contributed by atoms with Crippen LogP contribution in [0.4, 0.5) is 0 Å². The molecule has 0 saturated heterocycles. The van der Waals surface area contributed by atoms with E-state index in [-0.39, 0.29) is 5.76 Å². The molecule has 1 rings (SSSR count). The van der Waals surface area contributed by atoms with Gasteiger partial charge in [-0.15, -0.1) is 0 Å². The number of alkyl halides is 1. The number of ether oxygens (including phenoxy) is 1. The highest BCUT2D eigenvalue weighted by molar-refractivity contribution is 9.08. The van der Waals surface area contributed by atoms with Crippen molar-refractivity contribution in [2.45, 2.75) is 5.33 Å². The zero-order valence-corrected chi connectivity index (χ0v) is 7.55. The van der Waals surface area contributed by atoms with Gasteiger partial charge in [-0.2, -0.15) is 0 Å². The van der Waals surface area contributed by atoms with Gasteiger partial charge in [-0.1, -0.05) is 15.9 Å². The molecule has 0 N–H and O–H groups in total. The van der Waals surface area contributed by atoms with Crippen LogP contribution < -0.4 is 0 Å². The van der Waals surface area contributed by atoms with Crippen molar-refractivity contribution in [2.24, 2.45) is 0 Å². The molecule has 1 aromatic rings. The Morgan fingerprint density at radius 3 is 3.09 bits per heavy atom. The number of halogens is 1. The van der Waals surface area contributed by atoms with Crippen LogP contribution in [0.1, 0.15) is 16.1 Å². The summed E-state index contributed by atoms with van der Waals surface area (Å²) >= 11 is 3.22. The molecule has 60 valence electrons. The van der Waals surface area contributed by atoms with Crippen molar-refractivity contribution in [2.75, 3.05) is 7.11 Å². The molecule has 0 saturated carbocycles. The van der Waals surface area contributed by atoms with Gasteiger partial charge in [0.1, 0.15) is 0 Å². The lowest BCUT2D eigenvalue weighted by atomic mass is 10.3. The van der Waals surface area contributed by atoms with Crippen LogP contribution in [0.5, 0.6) is 0 Å². The monoisotopic (exact) mass is 218 g/mol. The van der Waals surface area contributed by atoms with E-state index in [0.717, 1.165) is 5.56 Å². The van der Waals surface area contributed by atoms with Gasteiger partial charge in [0.2, 0.25) is 5.76 Å². The van der Waals surface area contributed by atoms with Crippen molar-refractivity contribution in [3.8, 4) is 0 Å². The predicted molar refractivity (Wildman–Crippen MR) is 42.7 cm³/mol. The van der Waals surface area contributed by atoms with Crippen LogP contribution in [0.25, 0.3) is 0 Å². The number of rotatable bonds is 2. The van der Waals surface area contributed by atoms with Crippen molar-refractivity contribution in [1.29, 1.82) is 0 Å². The number of carbonyl (C=O) groups is 1. The second-order valence-electron chi connectivity index (χ2n) is 1.90. The first kappa shape index (κ1) is 8.33. The lowest BCUT2D eigenvalue weighted by Gasteiger charge is -1.95. The third-order valence-corrected chi connectivity index (χ3v) is 1.87. The van der Waals surface area contributed by atoms with E-state index >= 15 is 0 Å². The number of esters is 1. The molecule has 4 heteroatoms. The Balaban J connectivity index is 2.92. The average molecular weight is 219 g/mol. The first-order chi connectivity index (χ1) is 5.29. The van der Waals surface area contributed by atoms with Crippen LogP contribution in [0.3, 0.4) is 0 Å². The van der Waals surface area contributed by atoms with Crippen LogP contribution in [-0.4, -0.2) is 13.1 Å². The van der Waals surface area contributed by atoms with E-state index in [2.05, 4.69) is 20.7 Å². The molecule has 0 radical (unpaired) electrons. The number of furan rings is 1. The largest absolute Gasteiger partial charge is 0.463 e. The fourth-order valence-electron chi connectivity index (χ4n) is 0.713. The lowest BCUT2D eigenvalue weighted by molar-refractivity contribution is 0.0564. The van der Waals surface area contributed by atoms with Crippen molar-refractivity contribution in [3.63, 3.8) is 0 Å². The summed E-state index contributed by atoms with van der Waals surface area (Å²) < 4.78 is 9.39. The lowest BCUT2D eigenvalue weighted by Crippen LogP contribution is -2.01. The Labute approximate surface area is 72.5 Å². The normalized spacial score (nSPS) is 9.64. The highest BCUT2D eigenvalue weighted by Crippen LogP contribution is 2.14. The van der Waals surface area contributed by atoms with E-state index in [0.29, 0.717) is 5.33 Å². The fourth-order valence-corrected chi connectivity index (χ4v) is 1.15. The molecule has 11 heavy (non-hydrogen) atoms. The quantitative estimate of drug-likeness (QED) is 0.563. The van der Waals surface area contributed by atoms with Crippen LogP contribution in [-0.2, 0) is 10.1 Å². The van der Waals surface area contributed by atoms with E-state index in [4.69, 9.17) is 4.42 Å². The highest BCUT2D eigenvalue weighted by Gasteiger charge is 2.13. The molecule has 0 amide bonds. The molecule has 0 aromatic carbocycles. The van der Waals surface area contributed by atoms with Gasteiger partial charge >= 0.3 is 5.97 Å². The van der Waals surface area contributed by atoms with Crippen molar-refractivity contribution >= 4 is 21.9 Å². The Kier molecular flexibility index (Phi) is 2.70. The molecule has 0 unspecified atom stereocenters. The minimum absolute atomic E-state index is 0.268. The van der Waals surface area contributed by atoms with Crippen molar-refractivity contribution in [1.82, 2.24) is 0 Å². The number of methoxy groups -OCH3 is 1. The van der Waals surface area contributed by atoms with Gasteiger partial charge in [0.15, 0.2) is 0 Å². The van der Waals surface area contributed by atoms with E-state index in [1.54, 1.807) is 6.07 Å². The van der Waals surface area contributed by atoms with E-state index in [9.17, 15) is 4.79 Å². The Bertz CT molecular complexity index is 254. The molecule has 0 bridgehead atoms. The fraction of sp³-hybridized carbons (Fsp3) is 0.286. The number of carbonyl (C=O) groups excluding carboxylic acids is 1. The van der Waals surface area contributed by atoms with Gasteiger partial charge in [0.25, 0.3) is 0 Å². The molecule has 0 aliphatic carbocycles. The topological polar surface area (TPSA) is 39.4 Å². The molecule has 0 aliphatic heterocycles. The van der Waals surface area contributed by atoms with Gasteiger partial charge in [0, 0.05) is 10.9 Å². The van der Waals surface area contributed by atoms with E-state index in [1.807, 2.05) is 0 Å². The maximum Gasteiger partial charge on any atom is 0.374 e. The first-order valence-electron chi connectivity index (χ1n) is 3.00. The van der Waals surface area contributed by atoms with Gasteiger partial charge in [-0.05, 0) is 6.07 Å². The summed E-state index contributed by atoms with van der Waals surface area (Å²) in [5.41, 5.74) is 0.803. The summed E-state index contributed by atoms with van der Waals surface area (Å²) in [5.74, 6) is -0.172. The molecular weight excluding hydrogens is 212 g/mol. The van der Waals surface area contributed by atoms with E-state index < -0.39 is 5.97 Å². The maximum atomic E-state index is 10.9. The second kappa shape index (κ2) is 3.57. The molecule has 0 spiro atoms. The summed E-state index contributed by atoms with van der Waals surface area (Å²) in [5, 5.41) is 0.591. The SMILES string of the molecule is COC(=O)c1occc1CBr. The van der Waals surface area contributed by atoms with Crippen LogP contribution in [0, 0.1) is 0 Å². The Morgan fingerprint density at radius 2 is 2.55 bits per heavy atom. The number of hydrogen-bond donors (Lipinski definition) is 0. The van der Waals surface area contributed by atoms with Crippen LogP contribution in [0.15, 0.2) is 16.7 Å². The molecule has 1 aromatic heterocycles. The average Bonchev–Trinajstić information content (AvgIpc) is 2.50. The third kappa shape index (κ3) is 1.63. The maximum absolute atomic E-state index is 10.9. The molecule has 0 aliphatic rings. The minimum atomic E-state index is -0.440. The minimum Gasteiger partial charge on any atom is -0.463 e. The van der Waals surface area contributed by atoms with Gasteiger partial charge < -0.3 is 9.15 Å². The van der Waals surface area contributed by atoms with Gasteiger partial charge in [-0.25, -0.2) is 4.79 Å². The standard InChI is InChI=1S/C7H7BrO3/c1-10-7(9)6-5(4-8)2-3-11-6/h2-3H,4H2,1H3. The predicted octanol–water partition coefficient (Wildman–Crippen LogP) is 1.96. The number of hydrogen-bond acceptors (Lipinski definition) is 3. The molecule has 1 heterocycles. The summed E-state index contributed by atoms with van der Waals surface area (Å²) in [6, 6.07) is 1.72. The molecule has 0 atom stereocenters.